The third-order valence-electron chi connectivity index (χ3n) is 9.56. The zero-order chi connectivity index (χ0) is 44.7. The Balaban J connectivity index is 0.000000464. The Bertz CT molecular complexity index is 2070. The average Bonchev–Trinajstić information content (AvgIpc) is 3.22. The van der Waals surface area contributed by atoms with Gasteiger partial charge in [0.25, 0.3) is 0 Å². The van der Waals surface area contributed by atoms with Crippen molar-refractivity contribution < 1.29 is 92.7 Å². The lowest BCUT2D eigenvalue weighted by atomic mass is 9.12. The van der Waals surface area contributed by atoms with E-state index in [4.69, 9.17) is 0 Å². The number of aryl methyl sites for hydroxylation is 1. The summed E-state index contributed by atoms with van der Waals surface area (Å²) in [4.78, 5) is 1.65. The SMILES string of the molecule is CCc1cccc(C[NH+](CC)CC)c1.Fc1c(F)c(F)c([B-](c2c(F)c(F)c(F)c(F)c2F)(c2c(F)c(F)c(F)c(F)c2F)c2c(F)c(F)c(F)c(F)c2F)c(F)c1F. The van der Waals surface area contributed by atoms with E-state index in [2.05, 4.69) is 45.0 Å². The Hall–Kier alpha value is -5.28. The van der Waals surface area contributed by atoms with Crippen molar-refractivity contribution in [2.45, 2.75) is 33.7 Å². The topological polar surface area (TPSA) is 4.44 Å². The first-order chi connectivity index (χ1) is 27.5. The van der Waals surface area contributed by atoms with E-state index in [9.17, 15) is 52.7 Å². The third kappa shape index (κ3) is 7.47. The molecule has 0 atom stereocenters. The molecule has 1 nitrogen and oxygen atoms in total. The van der Waals surface area contributed by atoms with Crippen molar-refractivity contribution >= 4 is 28.0 Å². The lowest BCUT2D eigenvalue weighted by Crippen LogP contribution is -3.10. The first kappa shape index (κ1) is 46.4. The summed E-state index contributed by atoms with van der Waals surface area (Å²) in [5, 5.41) is 0. The summed E-state index contributed by atoms with van der Waals surface area (Å²) >= 11 is 0. The summed E-state index contributed by atoms with van der Waals surface area (Å²) in [7, 11) is 0. The molecule has 0 saturated carbocycles. The quantitative estimate of drug-likeness (QED) is 0.0678. The molecule has 0 heterocycles. The Morgan fingerprint density at radius 2 is 0.559 bits per heavy atom. The van der Waals surface area contributed by atoms with Crippen molar-refractivity contribution in [3.05, 3.63) is 152 Å². The molecule has 5 rings (SSSR count). The van der Waals surface area contributed by atoms with Gasteiger partial charge in [-0.05, 0) is 25.8 Å². The zero-order valence-electron chi connectivity index (χ0n) is 29.8. The van der Waals surface area contributed by atoms with Gasteiger partial charge in [-0.3, -0.25) is 0 Å². The Labute approximate surface area is 319 Å². The van der Waals surface area contributed by atoms with Gasteiger partial charge in [-0.2, -0.15) is 0 Å². The number of nitrogens with one attached hydrogen (secondary N) is 1. The predicted octanol–water partition coefficient (Wildman–Crippen LogP) is 7.52. The van der Waals surface area contributed by atoms with E-state index in [0.29, 0.717) is 0 Å². The van der Waals surface area contributed by atoms with Crippen molar-refractivity contribution in [2.75, 3.05) is 13.1 Å². The number of hydrogen-bond donors (Lipinski definition) is 1. The number of quaternary nitrogens is 1. The van der Waals surface area contributed by atoms with Crippen LogP contribution in [0.1, 0.15) is 31.9 Å². The van der Waals surface area contributed by atoms with E-state index in [0.717, 1.165) is 6.42 Å². The van der Waals surface area contributed by atoms with Crippen LogP contribution in [0.5, 0.6) is 0 Å². The van der Waals surface area contributed by atoms with Crippen LogP contribution in [0.4, 0.5) is 87.8 Å². The van der Waals surface area contributed by atoms with Crippen molar-refractivity contribution in [1.29, 1.82) is 0 Å². The molecular weight excluding hydrogens is 849 g/mol. The predicted molar refractivity (Wildman–Crippen MR) is 171 cm³/mol. The standard InChI is InChI=1S/C24BF20.C13H21N/c26-5-1(6(27)14(35)21(42)13(5)34)25(2-7(28)15(36)22(43)16(37)8(2)29,3-9(30)17(38)23(44)18(39)10(3)31)4-11(32)19(40)24(45)20(41)12(4)33;1-4-12-8-7-9-13(10-12)11-14(5-2)6-3/h;7-10H,4-6,11H2,1-3H3/q-1;/p+1. The first-order valence-electron chi connectivity index (χ1n) is 16.6. The van der Waals surface area contributed by atoms with Crippen LogP contribution >= 0.6 is 0 Å². The lowest BCUT2D eigenvalue weighted by molar-refractivity contribution is -0.910. The Morgan fingerprint density at radius 3 is 0.780 bits per heavy atom. The van der Waals surface area contributed by atoms with E-state index in [1.54, 1.807) is 4.90 Å². The maximum atomic E-state index is 15.4. The van der Waals surface area contributed by atoms with Gasteiger partial charge in [0.2, 0.25) is 0 Å². The van der Waals surface area contributed by atoms with E-state index >= 15 is 35.1 Å². The molecule has 0 bridgehead atoms. The van der Waals surface area contributed by atoms with Gasteiger partial charge in [0, 0.05) is 5.56 Å². The molecule has 59 heavy (non-hydrogen) atoms. The van der Waals surface area contributed by atoms with Crippen LogP contribution in [0.25, 0.3) is 0 Å². The Kier molecular flexibility index (Phi) is 13.8. The van der Waals surface area contributed by atoms with Crippen molar-refractivity contribution in [1.82, 2.24) is 0 Å². The molecule has 0 radical (unpaired) electrons. The van der Waals surface area contributed by atoms with Crippen LogP contribution in [0.3, 0.4) is 0 Å². The van der Waals surface area contributed by atoms with Gasteiger partial charge in [-0.1, -0.05) is 31.2 Å². The maximum Gasteiger partial charge on any atom is 0.200 e. The summed E-state index contributed by atoms with van der Waals surface area (Å²) < 4.78 is 294. The molecular formula is C37H22BF20N. The second-order valence-corrected chi connectivity index (χ2v) is 12.6. The van der Waals surface area contributed by atoms with Gasteiger partial charge in [0.15, 0.2) is 69.8 Å². The fourth-order valence-corrected chi connectivity index (χ4v) is 6.62. The summed E-state index contributed by atoms with van der Waals surface area (Å²) in [5.41, 5.74) is -11.4. The summed E-state index contributed by atoms with van der Waals surface area (Å²) in [6.07, 6.45) is -6.08. The monoisotopic (exact) mass is 871 g/mol. The summed E-state index contributed by atoms with van der Waals surface area (Å²) in [6.45, 7) is 10.3. The van der Waals surface area contributed by atoms with Crippen LogP contribution in [0, 0.1) is 116 Å². The molecule has 5 aromatic carbocycles. The molecule has 5 aromatic rings. The molecule has 0 aliphatic carbocycles. The van der Waals surface area contributed by atoms with E-state index in [1.807, 2.05) is 0 Å². The molecule has 1 N–H and O–H groups in total. The van der Waals surface area contributed by atoms with Crippen molar-refractivity contribution in [2.24, 2.45) is 0 Å². The molecule has 0 unspecified atom stereocenters. The fourth-order valence-electron chi connectivity index (χ4n) is 6.62. The van der Waals surface area contributed by atoms with Crippen LogP contribution in [-0.2, 0) is 13.0 Å². The first-order valence-corrected chi connectivity index (χ1v) is 16.6. The number of rotatable bonds is 9. The minimum absolute atomic E-state index is 1.14. The number of halogens is 20. The largest absolute Gasteiger partial charge is 0.332 e. The molecule has 22 heteroatoms. The van der Waals surface area contributed by atoms with Crippen LogP contribution in [-0.4, -0.2) is 19.2 Å². The summed E-state index contributed by atoms with van der Waals surface area (Å²) in [5.74, 6) is -71.4. The van der Waals surface area contributed by atoms with Gasteiger partial charge in [-0.15, -0.1) is 21.9 Å². The van der Waals surface area contributed by atoms with E-state index in [1.165, 1.54) is 30.8 Å². The minimum atomic E-state index is -7.22. The van der Waals surface area contributed by atoms with Gasteiger partial charge in [-0.25, -0.2) is 87.8 Å². The van der Waals surface area contributed by atoms with Gasteiger partial charge in [0.1, 0.15) is 59.2 Å². The molecule has 0 amide bonds. The molecule has 0 aliphatic heterocycles. The van der Waals surface area contributed by atoms with Crippen LogP contribution in [0.2, 0.25) is 0 Å². The fraction of sp³-hybridized carbons (Fsp3) is 0.189. The minimum Gasteiger partial charge on any atom is -0.332 e. The van der Waals surface area contributed by atoms with Crippen molar-refractivity contribution in [3.8, 4) is 0 Å². The van der Waals surface area contributed by atoms with E-state index < -0.39 is 144 Å². The Morgan fingerprint density at radius 1 is 0.339 bits per heavy atom. The van der Waals surface area contributed by atoms with Gasteiger partial charge in [0.05, 0.1) is 13.1 Å². The highest BCUT2D eigenvalue weighted by atomic mass is 19.2. The third-order valence-corrected chi connectivity index (χ3v) is 9.56. The van der Waals surface area contributed by atoms with Crippen LogP contribution in [0.15, 0.2) is 24.3 Å². The van der Waals surface area contributed by atoms with Gasteiger partial charge < -0.3 is 4.90 Å². The summed E-state index contributed by atoms with van der Waals surface area (Å²) in [6, 6.07) is 8.97. The lowest BCUT2D eigenvalue weighted by Gasteiger charge is -2.44. The maximum absolute atomic E-state index is 15.4. The van der Waals surface area contributed by atoms with E-state index in [-0.39, 0.29) is 0 Å². The second-order valence-electron chi connectivity index (χ2n) is 12.6. The smallest absolute Gasteiger partial charge is 0.200 e. The van der Waals surface area contributed by atoms with Gasteiger partial charge >= 0.3 is 0 Å². The molecule has 0 saturated heterocycles. The zero-order valence-corrected chi connectivity index (χ0v) is 29.8. The highest BCUT2D eigenvalue weighted by Gasteiger charge is 2.52. The second kappa shape index (κ2) is 17.5. The molecule has 0 fully saturated rings. The van der Waals surface area contributed by atoms with Crippen LogP contribution < -0.4 is 26.8 Å². The highest BCUT2D eigenvalue weighted by Crippen LogP contribution is 2.30. The van der Waals surface area contributed by atoms with Crippen molar-refractivity contribution in [3.63, 3.8) is 0 Å². The molecule has 0 aromatic heterocycles. The number of hydrogen-bond acceptors (Lipinski definition) is 0. The normalized spacial score (nSPS) is 11.7. The number of benzene rings is 5. The average molecular weight is 871 g/mol. The highest BCUT2D eigenvalue weighted by molar-refractivity contribution is 7.20. The molecule has 0 spiro atoms. The molecule has 0 aliphatic rings. The molecule has 318 valence electrons.